The Hall–Kier alpha value is -4.20. The molecule has 0 saturated carbocycles. The number of nitrogens with two attached hydrogens (primary N) is 3. The monoisotopic (exact) mass is 442 g/mol. The normalized spacial score (nSPS) is 11.1. The maximum atomic E-state index is 13.4. The third-order valence-electron chi connectivity index (χ3n) is 5.48. The molecule has 0 radical (unpaired) electrons. The zero-order valence-corrected chi connectivity index (χ0v) is 18.6. The fourth-order valence-corrected chi connectivity index (χ4v) is 4.00. The van der Waals surface area contributed by atoms with Gasteiger partial charge < -0.3 is 17.2 Å². The maximum absolute atomic E-state index is 13.4. The molecular weight excluding hydrogens is 416 g/mol. The van der Waals surface area contributed by atoms with Gasteiger partial charge in [0.25, 0.3) is 0 Å². The number of hydrogen-bond donors (Lipinski definition) is 3. The second-order valence-corrected chi connectivity index (χ2v) is 8.16. The molecule has 2 heterocycles. The van der Waals surface area contributed by atoms with E-state index in [4.69, 9.17) is 17.2 Å². The summed E-state index contributed by atoms with van der Waals surface area (Å²) >= 11 is 0. The number of primary amides is 1. The van der Waals surface area contributed by atoms with Crippen molar-refractivity contribution in [3.8, 4) is 0 Å². The molecule has 8 nitrogen and oxygen atoms in total. The van der Waals surface area contributed by atoms with E-state index < -0.39 is 5.91 Å². The minimum atomic E-state index is -0.436. The van der Waals surface area contributed by atoms with E-state index in [0.717, 1.165) is 33.2 Å². The number of anilines is 4. The number of carbonyl (C=O) groups is 2. The maximum Gasteiger partial charge on any atom is 0.231 e. The van der Waals surface area contributed by atoms with Gasteiger partial charge in [-0.2, -0.15) is 0 Å². The fourth-order valence-electron chi connectivity index (χ4n) is 4.00. The number of pyridine rings is 2. The van der Waals surface area contributed by atoms with Gasteiger partial charge in [0, 0.05) is 57.8 Å². The largest absolute Gasteiger partial charge is 0.398 e. The average Bonchev–Trinajstić information content (AvgIpc) is 2.74. The number of fused-ring (bicyclic) bond motifs is 2. The van der Waals surface area contributed by atoms with Crippen LogP contribution in [0.2, 0.25) is 0 Å². The number of aromatic nitrogens is 2. The van der Waals surface area contributed by atoms with Gasteiger partial charge in [0.1, 0.15) is 0 Å². The zero-order valence-electron chi connectivity index (χ0n) is 18.6. The van der Waals surface area contributed by atoms with Crippen LogP contribution in [0.5, 0.6) is 0 Å². The number of aryl methyl sites for hydroxylation is 2. The van der Waals surface area contributed by atoms with E-state index >= 15 is 0 Å². The predicted molar refractivity (Wildman–Crippen MR) is 132 cm³/mol. The van der Waals surface area contributed by atoms with Gasteiger partial charge in [-0.1, -0.05) is 0 Å². The Morgan fingerprint density at radius 1 is 0.788 bits per heavy atom. The predicted octanol–water partition coefficient (Wildman–Crippen LogP) is 3.88. The quantitative estimate of drug-likeness (QED) is 0.414. The molecule has 0 aliphatic carbocycles. The van der Waals surface area contributed by atoms with Crippen molar-refractivity contribution in [2.45, 2.75) is 33.1 Å². The lowest BCUT2D eigenvalue weighted by Gasteiger charge is -2.24. The SMILES string of the molecule is Cc1cc(N)c2cc(N(C(=O)CCCC(N)=O)c3ccc4nc(C)cc(N)c4c3)ccc2n1. The molecule has 2 aromatic heterocycles. The van der Waals surface area contributed by atoms with Gasteiger partial charge in [-0.15, -0.1) is 0 Å². The van der Waals surface area contributed by atoms with Gasteiger partial charge in [0.05, 0.1) is 11.0 Å². The van der Waals surface area contributed by atoms with E-state index in [1.54, 1.807) is 17.0 Å². The van der Waals surface area contributed by atoms with Crippen molar-refractivity contribution in [2.75, 3.05) is 16.4 Å². The molecule has 8 heteroatoms. The van der Waals surface area contributed by atoms with E-state index in [9.17, 15) is 9.59 Å². The van der Waals surface area contributed by atoms with Crippen LogP contribution in [0.15, 0.2) is 48.5 Å². The summed E-state index contributed by atoms with van der Waals surface area (Å²) in [7, 11) is 0. The number of nitrogens with zero attached hydrogens (tertiary/aromatic N) is 3. The first-order valence-corrected chi connectivity index (χ1v) is 10.7. The van der Waals surface area contributed by atoms with Crippen LogP contribution in [0.3, 0.4) is 0 Å². The van der Waals surface area contributed by atoms with E-state index in [1.807, 2.05) is 50.2 Å². The van der Waals surface area contributed by atoms with Gasteiger partial charge in [-0.05, 0) is 68.8 Å². The van der Waals surface area contributed by atoms with E-state index in [-0.39, 0.29) is 18.7 Å². The first kappa shape index (κ1) is 22.0. The Labute approximate surface area is 191 Å². The number of benzene rings is 2. The summed E-state index contributed by atoms with van der Waals surface area (Å²) in [5, 5.41) is 1.51. The molecule has 4 aromatic rings. The molecule has 0 bridgehead atoms. The van der Waals surface area contributed by atoms with Crippen molar-refractivity contribution in [1.29, 1.82) is 0 Å². The van der Waals surface area contributed by atoms with Gasteiger partial charge in [0.2, 0.25) is 11.8 Å². The summed E-state index contributed by atoms with van der Waals surface area (Å²) in [6.45, 7) is 3.76. The molecule has 0 aliphatic rings. The standard InChI is InChI=1S/C25H26N6O2/c1-14-10-20(26)18-12-16(6-8-22(18)29-14)31(25(33)5-3-4-24(28)32)17-7-9-23-19(13-17)21(27)11-15(2)30-23/h6-13H,3-5H2,1-2H3,(H2,26,29)(H2,27,30)(H2,28,32). The van der Waals surface area contributed by atoms with Crippen LogP contribution in [-0.4, -0.2) is 21.8 Å². The summed E-state index contributed by atoms with van der Waals surface area (Å²) in [5.41, 5.74) is 23.3. The molecular formula is C25H26N6O2. The first-order chi connectivity index (χ1) is 15.7. The van der Waals surface area contributed by atoms with Crippen molar-refractivity contribution in [3.63, 3.8) is 0 Å². The lowest BCUT2D eigenvalue weighted by molar-refractivity contribution is -0.119. The second-order valence-electron chi connectivity index (χ2n) is 8.16. The molecule has 33 heavy (non-hydrogen) atoms. The first-order valence-electron chi connectivity index (χ1n) is 10.7. The molecule has 0 aliphatic heterocycles. The van der Waals surface area contributed by atoms with Crippen molar-refractivity contribution in [1.82, 2.24) is 9.97 Å². The molecule has 0 spiro atoms. The van der Waals surface area contributed by atoms with Gasteiger partial charge in [0.15, 0.2) is 0 Å². The molecule has 0 fully saturated rings. The Morgan fingerprint density at radius 3 is 1.73 bits per heavy atom. The van der Waals surface area contributed by atoms with Crippen LogP contribution >= 0.6 is 0 Å². The van der Waals surface area contributed by atoms with Crippen molar-refractivity contribution >= 4 is 56.4 Å². The van der Waals surface area contributed by atoms with Crippen LogP contribution in [-0.2, 0) is 9.59 Å². The highest BCUT2D eigenvalue weighted by Crippen LogP contribution is 2.34. The van der Waals surface area contributed by atoms with Crippen LogP contribution in [0.25, 0.3) is 21.8 Å². The fraction of sp³-hybridized carbons (Fsp3) is 0.200. The summed E-state index contributed by atoms with van der Waals surface area (Å²) in [6, 6.07) is 14.7. The van der Waals surface area contributed by atoms with E-state index in [2.05, 4.69) is 9.97 Å². The number of carbonyl (C=O) groups excluding carboxylic acids is 2. The smallest absolute Gasteiger partial charge is 0.231 e. The molecule has 6 N–H and O–H groups in total. The minimum absolute atomic E-state index is 0.140. The number of nitrogen functional groups attached to an aromatic ring is 2. The van der Waals surface area contributed by atoms with Gasteiger partial charge >= 0.3 is 0 Å². The highest BCUT2D eigenvalue weighted by atomic mass is 16.2. The third-order valence-corrected chi connectivity index (χ3v) is 5.48. The van der Waals surface area contributed by atoms with Crippen molar-refractivity contribution in [2.24, 2.45) is 5.73 Å². The lowest BCUT2D eigenvalue weighted by Crippen LogP contribution is -2.26. The zero-order chi connectivity index (χ0) is 23.7. The van der Waals surface area contributed by atoms with Crippen LogP contribution < -0.4 is 22.1 Å². The molecule has 4 rings (SSSR count). The number of hydrogen-bond acceptors (Lipinski definition) is 6. The average molecular weight is 443 g/mol. The van der Waals surface area contributed by atoms with Crippen LogP contribution in [0, 0.1) is 13.8 Å². The van der Waals surface area contributed by atoms with Crippen molar-refractivity contribution in [3.05, 3.63) is 59.9 Å². The Balaban J connectivity index is 1.83. The topological polar surface area (TPSA) is 141 Å². The Morgan fingerprint density at radius 2 is 1.27 bits per heavy atom. The Kier molecular flexibility index (Phi) is 5.83. The summed E-state index contributed by atoms with van der Waals surface area (Å²) in [6.07, 6.45) is 0.654. The van der Waals surface area contributed by atoms with Crippen molar-refractivity contribution < 1.29 is 9.59 Å². The summed E-state index contributed by atoms with van der Waals surface area (Å²) < 4.78 is 0. The molecule has 168 valence electrons. The lowest BCUT2D eigenvalue weighted by atomic mass is 10.1. The summed E-state index contributed by atoms with van der Waals surface area (Å²) in [4.78, 5) is 35.2. The van der Waals surface area contributed by atoms with E-state index in [1.165, 1.54) is 0 Å². The third kappa shape index (κ3) is 4.55. The molecule has 0 unspecified atom stereocenters. The molecule has 0 atom stereocenters. The second kappa shape index (κ2) is 8.74. The van der Waals surface area contributed by atoms with Gasteiger partial charge in [-0.3, -0.25) is 24.5 Å². The minimum Gasteiger partial charge on any atom is -0.398 e. The van der Waals surface area contributed by atoms with E-state index in [0.29, 0.717) is 29.2 Å². The van der Waals surface area contributed by atoms with Crippen LogP contribution in [0.4, 0.5) is 22.7 Å². The Bertz CT molecular complexity index is 1310. The highest BCUT2D eigenvalue weighted by molar-refractivity contribution is 6.05. The van der Waals surface area contributed by atoms with Gasteiger partial charge in [-0.25, -0.2) is 0 Å². The molecule has 0 saturated heterocycles. The molecule has 2 aromatic carbocycles. The van der Waals surface area contributed by atoms with Crippen LogP contribution in [0.1, 0.15) is 30.7 Å². The molecule has 2 amide bonds. The highest BCUT2D eigenvalue weighted by Gasteiger charge is 2.20. The number of amides is 2. The summed E-state index contributed by atoms with van der Waals surface area (Å²) in [5.74, 6) is -0.610. The number of rotatable bonds is 6.